The fourth-order valence-corrected chi connectivity index (χ4v) is 2.63. The molecule has 0 spiro atoms. The molecule has 0 atom stereocenters. The Bertz CT molecular complexity index is 637. The van der Waals surface area contributed by atoms with Gasteiger partial charge in [-0.2, -0.15) is 0 Å². The van der Waals surface area contributed by atoms with E-state index in [0.717, 1.165) is 11.3 Å². The van der Waals surface area contributed by atoms with Gasteiger partial charge in [0.2, 0.25) is 5.91 Å². The standard InChI is InChI=1S/C19H33N5O4/c1-14(25)22-12-19(4,5)28-9-8-18(2,3)13-23(21)10-15(20)11-24-16(26)6-7-17(24)27/h6-7,10H,8-9,11-13,20-21H2,1-5H3,(H,22,25)/b15-10-. The summed E-state index contributed by atoms with van der Waals surface area (Å²) in [7, 11) is 0. The molecule has 0 bridgehead atoms. The zero-order chi connectivity index (χ0) is 21.5. The summed E-state index contributed by atoms with van der Waals surface area (Å²) in [5.74, 6) is 5.17. The van der Waals surface area contributed by atoms with Crippen molar-refractivity contribution >= 4 is 17.7 Å². The SMILES string of the molecule is CC(=O)NCC(C)(C)OCCC(C)(C)CN(N)/C=C(\N)CN1C(=O)C=CC1=O. The molecule has 5 N–H and O–H groups in total. The molecule has 28 heavy (non-hydrogen) atoms. The predicted octanol–water partition coefficient (Wildman–Crippen LogP) is 0.235. The minimum atomic E-state index is -0.461. The second kappa shape index (κ2) is 9.70. The molecule has 1 rings (SSSR count). The van der Waals surface area contributed by atoms with Gasteiger partial charge < -0.3 is 20.8 Å². The van der Waals surface area contributed by atoms with E-state index < -0.39 is 5.60 Å². The largest absolute Gasteiger partial charge is 0.399 e. The molecule has 0 saturated carbocycles. The first-order valence-electron chi connectivity index (χ1n) is 9.21. The number of imide groups is 1. The van der Waals surface area contributed by atoms with Crippen molar-refractivity contribution in [3.05, 3.63) is 24.0 Å². The van der Waals surface area contributed by atoms with Gasteiger partial charge in [-0.1, -0.05) is 13.8 Å². The molecule has 0 fully saturated rings. The van der Waals surface area contributed by atoms with Crippen LogP contribution >= 0.6 is 0 Å². The number of hydrazine groups is 1. The third-order valence-corrected chi connectivity index (χ3v) is 4.22. The molecule has 0 aromatic heterocycles. The lowest BCUT2D eigenvalue weighted by atomic mass is 9.89. The van der Waals surface area contributed by atoms with Gasteiger partial charge in [0.05, 0.1) is 12.1 Å². The minimum absolute atomic E-state index is 0.000749. The molecular formula is C19H33N5O4. The van der Waals surface area contributed by atoms with Gasteiger partial charge in [-0.15, -0.1) is 0 Å². The van der Waals surface area contributed by atoms with Crippen LogP contribution in [0.1, 0.15) is 41.0 Å². The first kappa shape index (κ1) is 23.6. The number of nitrogens with zero attached hydrogens (tertiary/aromatic N) is 2. The fourth-order valence-electron chi connectivity index (χ4n) is 2.63. The number of nitrogens with two attached hydrogens (primary N) is 2. The van der Waals surface area contributed by atoms with E-state index in [1.165, 1.54) is 30.3 Å². The Kier molecular flexibility index (Phi) is 8.19. The molecule has 0 aromatic carbocycles. The number of rotatable bonds is 11. The number of carbonyl (C=O) groups excluding carboxylic acids is 3. The van der Waals surface area contributed by atoms with E-state index in [-0.39, 0.29) is 29.7 Å². The summed E-state index contributed by atoms with van der Waals surface area (Å²) in [5.41, 5.74) is 5.60. The van der Waals surface area contributed by atoms with E-state index in [4.69, 9.17) is 16.3 Å². The Morgan fingerprint density at radius 2 is 1.82 bits per heavy atom. The van der Waals surface area contributed by atoms with E-state index in [0.29, 0.717) is 25.4 Å². The fraction of sp³-hybridized carbons (Fsp3) is 0.632. The van der Waals surface area contributed by atoms with Crippen LogP contribution in [0.15, 0.2) is 24.0 Å². The summed E-state index contributed by atoms with van der Waals surface area (Å²) in [6, 6.07) is 0. The molecule has 158 valence electrons. The highest BCUT2D eigenvalue weighted by Gasteiger charge is 2.25. The van der Waals surface area contributed by atoms with Crippen molar-refractivity contribution in [2.24, 2.45) is 17.0 Å². The molecule has 1 aliphatic heterocycles. The average Bonchev–Trinajstić information content (AvgIpc) is 2.83. The molecule has 0 saturated heterocycles. The second-order valence-corrected chi connectivity index (χ2v) is 8.40. The van der Waals surface area contributed by atoms with Gasteiger partial charge in [0.1, 0.15) is 0 Å². The quantitative estimate of drug-likeness (QED) is 0.259. The van der Waals surface area contributed by atoms with E-state index in [2.05, 4.69) is 19.2 Å². The van der Waals surface area contributed by atoms with Crippen LogP contribution in [0.4, 0.5) is 0 Å². The van der Waals surface area contributed by atoms with Gasteiger partial charge >= 0.3 is 0 Å². The number of ether oxygens (including phenoxy) is 1. The molecule has 0 aromatic rings. The Hall–Kier alpha value is -2.39. The molecule has 1 aliphatic rings. The van der Waals surface area contributed by atoms with Crippen molar-refractivity contribution in [1.29, 1.82) is 0 Å². The Balaban J connectivity index is 2.46. The highest BCUT2D eigenvalue weighted by atomic mass is 16.5. The minimum Gasteiger partial charge on any atom is -0.399 e. The van der Waals surface area contributed by atoms with Crippen LogP contribution in [0.25, 0.3) is 0 Å². The normalized spacial score (nSPS) is 15.4. The second-order valence-electron chi connectivity index (χ2n) is 8.40. The van der Waals surface area contributed by atoms with Crippen LogP contribution in [0.3, 0.4) is 0 Å². The Morgan fingerprint density at radius 1 is 1.25 bits per heavy atom. The van der Waals surface area contributed by atoms with Crippen LogP contribution in [0.5, 0.6) is 0 Å². The lowest BCUT2D eigenvalue weighted by molar-refractivity contribution is -0.136. The molecular weight excluding hydrogens is 362 g/mol. The maximum atomic E-state index is 11.6. The topological polar surface area (TPSA) is 131 Å². The van der Waals surface area contributed by atoms with E-state index in [1.807, 2.05) is 13.8 Å². The zero-order valence-electron chi connectivity index (χ0n) is 17.4. The highest BCUT2D eigenvalue weighted by molar-refractivity contribution is 6.13. The molecule has 3 amide bonds. The molecule has 0 unspecified atom stereocenters. The van der Waals surface area contributed by atoms with Crippen LogP contribution < -0.4 is 16.9 Å². The number of nitrogens with one attached hydrogen (secondary N) is 1. The van der Waals surface area contributed by atoms with E-state index >= 15 is 0 Å². The Morgan fingerprint density at radius 3 is 2.36 bits per heavy atom. The lowest BCUT2D eigenvalue weighted by Crippen LogP contribution is -2.41. The summed E-state index contributed by atoms with van der Waals surface area (Å²) in [4.78, 5) is 35.2. The van der Waals surface area contributed by atoms with Crippen LogP contribution in [0.2, 0.25) is 0 Å². The van der Waals surface area contributed by atoms with Crippen molar-refractivity contribution < 1.29 is 19.1 Å². The van der Waals surface area contributed by atoms with Crippen LogP contribution in [-0.2, 0) is 19.1 Å². The number of carbonyl (C=O) groups is 3. The third-order valence-electron chi connectivity index (χ3n) is 4.22. The summed E-state index contributed by atoms with van der Waals surface area (Å²) in [6.07, 6.45) is 4.70. The van der Waals surface area contributed by atoms with Crippen molar-refractivity contribution in [1.82, 2.24) is 15.2 Å². The van der Waals surface area contributed by atoms with E-state index in [1.54, 1.807) is 0 Å². The number of hydrogen-bond acceptors (Lipinski definition) is 7. The van der Waals surface area contributed by atoms with Crippen molar-refractivity contribution in [2.45, 2.75) is 46.6 Å². The van der Waals surface area contributed by atoms with Gasteiger partial charge in [0.15, 0.2) is 0 Å². The first-order valence-corrected chi connectivity index (χ1v) is 9.21. The Labute approximate surface area is 166 Å². The van der Waals surface area contributed by atoms with Crippen LogP contribution in [0, 0.1) is 5.41 Å². The van der Waals surface area contributed by atoms with Crippen molar-refractivity contribution in [2.75, 3.05) is 26.2 Å². The van der Waals surface area contributed by atoms with Gasteiger partial charge in [-0.3, -0.25) is 19.3 Å². The zero-order valence-corrected chi connectivity index (χ0v) is 17.4. The maximum absolute atomic E-state index is 11.6. The first-order chi connectivity index (χ1) is 12.8. The van der Waals surface area contributed by atoms with Gasteiger partial charge in [-0.25, -0.2) is 5.84 Å². The molecule has 0 radical (unpaired) electrons. The molecule has 0 aliphatic carbocycles. The van der Waals surface area contributed by atoms with E-state index in [9.17, 15) is 14.4 Å². The number of hydrogen-bond donors (Lipinski definition) is 3. The lowest BCUT2D eigenvalue weighted by Gasteiger charge is -2.32. The summed E-state index contributed by atoms with van der Waals surface area (Å²) in [6.45, 7) is 10.9. The van der Waals surface area contributed by atoms with Gasteiger partial charge in [0.25, 0.3) is 11.8 Å². The average molecular weight is 396 g/mol. The van der Waals surface area contributed by atoms with Crippen molar-refractivity contribution in [3.8, 4) is 0 Å². The summed E-state index contributed by atoms with van der Waals surface area (Å²) in [5, 5.41) is 4.21. The third kappa shape index (κ3) is 8.53. The smallest absolute Gasteiger partial charge is 0.253 e. The predicted molar refractivity (Wildman–Crippen MR) is 106 cm³/mol. The van der Waals surface area contributed by atoms with Gasteiger partial charge in [-0.05, 0) is 25.7 Å². The van der Waals surface area contributed by atoms with Crippen molar-refractivity contribution in [3.63, 3.8) is 0 Å². The summed E-state index contributed by atoms with van der Waals surface area (Å²) >= 11 is 0. The molecule has 1 heterocycles. The monoisotopic (exact) mass is 395 g/mol. The number of amides is 3. The van der Waals surface area contributed by atoms with Crippen LogP contribution in [-0.4, -0.2) is 59.5 Å². The molecule has 9 heteroatoms. The molecule has 9 nitrogen and oxygen atoms in total. The van der Waals surface area contributed by atoms with Gasteiger partial charge in [0, 0.05) is 50.7 Å². The highest BCUT2D eigenvalue weighted by Crippen LogP contribution is 2.22. The maximum Gasteiger partial charge on any atom is 0.253 e. The summed E-state index contributed by atoms with van der Waals surface area (Å²) < 4.78 is 5.89.